The number of rotatable bonds is 4. The van der Waals surface area contributed by atoms with Crippen LogP contribution in [-0.4, -0.2) is 23.0 Å². The fraction of sp³-hybridized carbons (Fsp3) is 0.923. The molecule has 0 N–H and O–H groups in total. The standard InChI is InChI=1S/C13H23NO4/c1-8(2)11-6-5-9(3)7-12(11)18-13(15)10(4)14(16)17/h8-12H,5-7H2,1-4H3. The van der Waals surface area contributed by atoms with Gasteiger partial charge in [-0.1, -0.05) is 27.2 Å². The Hall–Kier alpha value is -1.13. The van der Waals surface area contributed by atoms with E-state index in [0.717, 1.165) is 19.3 Å². The fourth-order valence-electron chi connectivity index (χ4n) is 2.58. The maximum absolute atomic E-state index is 11.7. The van der Waals surface area contributed by atoms with E-state index < -0.39 is 16.9 Å². The minimum Gasteiger partial charge on any atom is -0.457 e. The van der Waals surface area contributed by atoms with Gasteiger partial charge in [0, 0.05) is 11.8 Å². The van der Waals surface area contributed by atoms with Crippen molar-refractivity contribution in [2.45, 2.75) is 59.1 Å². The van der Waals surface area contributed by atoms with Crippen molar-refractivity contribution >= 4 is 5.97 Å². The molecule has 0 saturated heterocycles. The normalized spacial score (nSPS) is 29.9. The van der Waals surface area contributed by atoms with Crippen molar-refractivity contribution in [1.29, 1.82) is 0 Å². The first-order valence-electron chi connectivity index (χ1n) is 6.67. The molecular weight excluding hydrogens is 234 g/mol. The molecule has 0 spiro atoms. The van der Waals surface area contributed by atoms with E-state index >= 15 is 0 Å². The van der Waals surface area contributed by atoms with Crippen molar-refractivity contribution in [1.82, 2.24) is 0 Å². The molecule has 0 aromatic heterocycles. The molecule has 0 amide bonds. The van der Waals surface area contributed by atoms with Gasteiger partial charge in [0.1, 0.15) is 6.10 Å². The smallest absolute Gasteiger partial charge is 0.381 e. The molecule has 1 aliphatic rings. The van der Waals surface area contributed by atoms with Crippen LogP contribution in [0.2, 0.25) is 0 Å². The first-order valence-corrected chi connectivity index (χ1v) is 6.67. The molecule has 104 valence electrons. The summed E-state index contributed by atoms with van der Waals surface area (Å²) in [7, 11) is 0. The molecule has 0 radical (unpaired) electrons. The maximum Gasteiger partial charge on any atom is 0.381 e. The SMILES string of the molecule is CC1CCC(C(C)C)C(OC(=O)C(C)[N+](=O)[O-])C1. The number of nitrogens with zero attached hydrogens (tertiary/aromatic N) is 1. The van der Waals surface area contributed by atoms with Crippen molar-refractivity contribution in [2.24, 2.45) is 17.8 Å². The highest BCUT2D eigenvalue weighted by atomic mass is 16.6. The lowest BCUT2D eigenvalue weighted by atomic mass is 9.75. The summed E-state index contributed by atoms with van der Waals surface area (Å²) in [6, 6.07) is -1.27. The fourth-order valence-corrected chi connectivity index (χ4v) is 2.58. The summed E-state index contributed by atoms with van der Waals surface area (Å²) in [6.07, 6.45) is 2.83. The van der Waals surface area contributed by atoms with Crippen LogP contribution in [0.1, 0.15) is 47.0 Å². The van der Waals surface area contributed by atoms with Crippen molar-refractivity contribution < 1.29 is 14.5 Å². The largest absolute Gasteiger partial charge is 0.457 e. The highest BCUT2D eigenvalue weighted by molar-refractivity contribution is 5.74. The molecular formula is C13H23NO4. The summed E-state index contributed by atoms with van der Waals surface area (Å²) in [4.78, 5) is 21.6. The molecule has 4 unspecified atom stereocenters. The highest BCUT2D eigenvalue weighted by Gasteiger charge is 2.36. The quantitative estimate of drug-likeness (QED) is 0.441. The van der Waals surface area contributed by atoms with E-state index in [-0.39, 0.29) is 6.10 Å². The lowest BCUT2D eigenvalue weighted by molar-refractivity contribution is -0.506. The Kier molecular flexibility index (Phi) is 5.11. The Balaban J connectivity index is 2.66. The number of ether oxygens (including phenoxy) is 1. The second kappa shape index (κ2) is 6.16. The highest BCUT2D eigenvalue weighted by Crippen LogP contribution is 2.35. The van der Waals surface area contributed by atoms with Crippen molar-refractivity contribution in [3.63, 3.8) is 0 Å². The number of esters is 1. The Bertz CT molecular complexity index is 316. The zero-order chi connectivity index (χ0) is 13.9. The molecule has 5 nitrogen and oxygen atoms in total. The summed E-state index contributed by atoms with van der Waals surface area (Å²) in [5, 5.41) is 10.6. The Morgan fingerprint density at radius 2 is 1.94 bits per heavy atom. The molecule has 5 heteroatoms. The first-order chi connectivity index (χ1) is 8.32. The lowest BCUT2D eigenvalue weighted by Gasteiger charge is -2.36. The van der Waals surface area contributed by atoms with Gasteiger partial charge in [-0.15, -0.1) is 0 Å². The Morgan fingerprint density at radius 3 is 2.44 bits per heavy atom. The van der Waals surface area contributed by atoms with Crippen LogP contribution >= 0.6 is 0 Å². The van der Waals surface area contributed by atoms with Crippen LogP contribution in [0.3, 0.4) is 0 Å². The molecule has 1 aliphatic carbocycles. The van der Waals surface area contributed by atoms with Crippen molar-refractivity contribution in [2.75, 3.05) is 0 Å². The summed E-state index contributed by atoms with van der Waals surface area (Å²) in [6.45, 7) is 7.63. The maximum atomic E-state index is 11.7. The molecule has 0 aliphatic heterocycles. The van der Waals surface area contributed by atoms with Crippen LogP contribution in [0.5, 0.6) is 0 Å². The van der Waals surface area contributed by atoms with E-state index in [4.69, 9.17) is 4.74 Å². The third kappa shape index (κ3) is 3.68. The molecule has 0 aromatic rings. The van der Waals surface area contributed by atoms with Crippen molar-refractivity contribution in [3.8, 4) is 0 Å². The van der Waals surface area contributed by atoms with Gasteiger partial charge in [-0.05, 0) is 30.6 Å². The van der Waals surface area contributed by atoms with E-state index in [2.05, 4.69) is 20.8 Å². The molecule has 1 saturated carbocycles. The number of hydrogen-bond acceptors (Lipinski definition) is 4. The molecule has 1 rings (SSSR count). The molecule has 0 aromatic carbocycles. The second-order valence-electron chi connectivity index (χ2n) is 5.76. The zero-order valence-corrected chi connectivity index (χ0v) is 11.6. The Morgan fingerprint density at radius 1 is 1.33 bits per heavy atom. The average molecular weight is 257 g/mol. The zero-order valence-electron chi connectivity index (χ0n) is 11.6. The van der Waals surface area contributed by atoms with Gasteiger partial charge in [0.2, 0.25) is 0 Å². The number of nitro groups is 1. The van der Waals surface area contributed by atoms with Crippen LogP contribution < -0.4 is 0 Å². The van der Waals surface area contributed by atoms with Crippen LogP contribution in [0.25, 0.3) is 0 Å². The van der Waals surface area contributed by atoms with Gasteiger partial charge in [-0.3, -0.25) is 10.1 Å². The summed E-state index contributed by atoms with van der Waals surface area (Å²) >= 11 is 0. The van der Waals surface area contributed by atoms with Crippen LogP contribution in [0.15, 0.2) is 0 Å². The topological polar surface area (TPSA) is 69.4 Å². The van der Waals surface area contributed by atoms with Gasteiger partial charge < -0.3 is 4.74 Å². The van der Waals surface area contributed by atoms with E-state index in [1.54, 1.807) is 0 Å². The van der Waals surface area contributed by atoms with E-state index in [1.165, 1.54) is 6.92 Å². The number of carbonyl (C=O) groups excluding carboxylic acids is 1. The minimum atomic E-state index is -1.27. The first kappa shape index (κ1) is 14.9. The van der Waals surface area contributed by atoms with Crippen LogP contribution in [0, 0.1) is 27.9 Å². The average Bonchev–Trinajstić information content (AvgIpc) is 2.27. The number of carbonyl (C=O) groups is 1. The number of hydrogen-bond donors (Lipinski definition) is 0. The molecule has 4 atom stereocenters. The molecule has 0 heterocycles. The molecule has 0 bridgehead atoms. The van der Waals surface area contributed by atoms with Crippen molar-refractivity contribution in [3.05, 3.63) is 10.1 Å². The summed E-state index contributed by atoms with van der Waals surface area (Å²) in [5.74, 6) is 0.568. The van der Waals surface area contributed by atoms with Gasteiger partial charge in [0.25, 0.3) is 0 Å². The summed E-state index contributed by atoms with van der Waals surface area (Å²) in [5.41, 5.74) is 0. The molecule has 18 heavy (non-hydrogen) atoms. The van der Waals surface area contributed by atoms with Gasteiger partial charge in [0.05, 0.1) is 0 Å². The Labute approximate surface area is 108 Å². The third-order valence-electron chi connectivity index (χ3n) is 3.89. The van der Waals surface area contributed by atoms with Gasteiger partial charge in [-0.2, -0.15) is 0 Å². The van der Waals surface area contributed by atoms with Gasteiger partial charge >= 0.3 is 12.0 Å². The third-order valence-corrected chi connectivity index (χ3v) is 3.89. The van der Waals surface area contributed by atoms with E-state index in [9.17, 15) is 14.9 Å². The lowest BCUT2D eigenvalue weighted by Crippen LogP contribution is -2.39. The predicted octanol–water partition coefficient (Wildman–Crippen LogP) is 2.66. The van der Waals surface area contributed by atoms with Gasteiger partial charge in [0.15, 0.2) is 0 Å². The summed E-state index contributed by atoms with van der Waals surface area (Å²) < 4.78 is 5.38. The van der Waals surface area contributed by atoms with E-state index in [0.29, 0.717) is 17.8 Å². The minimum absolute atomic E-state index is 0.163. The van der Waals surface area contributed by atoms with Crippen LogP contribution in [-0.2, 0) is 9.53 Å². The van der Waals surface area contributed by atoms with Gasteiger partial charge in [-0.25, -0.2) is 4.79 Å². The monoisotopic (exact) mass is 257 g/mol. The van der Waals surface area contributed by atoms with Crippen LogP contribution in [0.4, 0.5) is 0 Å². The molecule has 1 fully saturated rings. The second-order valence-corrected chi connectivity index (χ2v) is 5.76. The van der Waals surface area contributed by atoms with E-state index in [1.807, 2.05) is 0 Å². The predicted molar refractivity (Wildman–Crippen MR) is 67.7 cm³/mol.